The van der Waals surface area contributed by atoms with Crippen LogP contribution >= 0.6 is 0 Å². The first-order valence-electron chi connectivity index (χ1n) is 13.9. The smallest absolute Gasteiger partial charge is 0.417 e. The van der Waals surface area contributed by atoms with Crippen molar-refractivity contribution in [1.82, 2.24) is 0 Å². The van der Waals surface area contributed by atoms with Crippen LogP contribution in [-0.2, 0) is 47.7 Å². The minimum atomic E-state index is -1.23. The van der Waals surface area contributed by atoms with Gasteiger partial charge in [0.1, 0.15) is 5.75 Å². The summed E-state index contributed by atoms with van der Waals surface area (Å²) >= 11 is 0. The van der Waals surface area contributed by atoms with E-state index in [2.05, 4.69) is 22.6 Å². The molecule has 13 heteroatoms. The molecule has 0 radical (unpaired) electrons. The van der Waals surface area contributed by atoms with Crippen LogP contribution in [-0.4, -0.2) is 69.9 Å². The summed E-state index contributed by atoms with van der Waals surface area (Å²) in [4.78, 5) is 70.5. The number of benzene rings is 2. The summed E-state index contributed by atoms with van der Waals surface area (Å²) in [5.41, 5.74) is 2.55. The number of hydrogen-bond donors (Lipinski definition) is 0. The van der Waals surface area contributed by atoms with Gasteiger partial charge in [0.25, 0.3) is 0 Å². The van der Waals surface area contributed by atoms with Crippen LogP contribution in [0.2, 0.25) is 0 Å². The maximum Gasteiger partial charge on any atom is 0.417 e. The Morgan fingerprint density at radius 3 is 1.61 bits per heavy atom. The van der Waals surface area contributed by atoms with Gasteiger partial charge < -0.3 is 33.2 Å². The van der Waals surface area contributed by atoms with Crippen molar-refractivity contribution in [3.63, 3.8) is 0 Å². The summed E-state index contributed by atoms with van der Waals surface area (Å²) in [5, 5.41) is 0. The lowest BCUT2D eigenvalue weighted by atomic mass is 10.0. The van der Waals surface area contributed by atoms with Crippen molar-refractivity contribution in [2.75, 3.05) is 34.0 Å². The highest BCUT2D eigenvalue weighted by Gasteiger charge is 2.22. The van der Waals surface area contributed by atoms with Crippen molar-refractivity contribution >= 4 is 35.8 Å². The SMILES string of the molecule is C=C(C)C(=O)Oc1ccc(-c2ccc(OCCCC(COC(=O)C(=O)OC)COC(=O)C(=O)OC)c(OC(=O)C(=C)C)c2)cc1C. The number of methoxy groups -OCH3 is 2. The van der Waals surface area contributed by atoms with Crippen molar-refractivity contribution in [1.29, 1.82) is 0 Å². The fraction of sp³-hybridized carbons (Fsp3) is 0.333. The van der Waals surface area contributed by atoms with Gasteiger partial charge in [0.05, 0.1) is 34.0 Å². The lowest BCUT2D eigenvalue weighted by Crippen LogP contribution is -2.27. The first-order valence-corrected chi connectivity index (χ1v) is 13.9. The van der Waals surface area contributed by atoms with E-state index in [0.29, 0.717) is 23.3 Å². The molecule has 0 heterocycles. The van der Waals surface area contributed by atoms with Gasteiger partial charge in [-0.05, 0) is 74.6 Å². The van der Waals surface area contributed by atoms with E-state index in [9.17, 15) is 28.8 Å². The van der Waals surface area contributed by atoms with E-state index >= 15 is 0 Å². The minimum absolute atomic E-state index is 0.0885. The van der Waals surface area contributed by atoms with Crippen LogP contribution < -0.4 is 14.2 Å². The zero-order valence-corrected chi connectivity index (χ0v) is 26.3. The molecule has 0 N–H and O–H groups in total. The maximum absolute atomic E-state index is 12.4. The number of esters is 6. The average molecular weight is 641 g/mol. The second kappa shape index (κ2) is 17.7. The zero-order valence-electron chi connectivity index (χ0n) is 26.3. The Hall–Kier alpha value is -5.46. The maximum atomic E-state index is 12.4. The molecular formula is C33H36O13. The number of ether oxygens (including phenoxy) is 7. The van der Waals surface area contributed by atoms with E-state index in [1.807, 2.05) is 0 Å². The van der Waals surface area contributed by atoms with Crippen LogP contribution in [0, 0.1) is 12.8 Å². The van der Waals surface area contributed by atoms with Crippen molar-refractivity contribution in [2.45, 2.75) is 33.6 Å². The van der Waals surface area contributed by atoms with Crippen LogP contribution in [0.3, 0.4) is 0 Å². The Morgan fingerprint density at radius 1 is 0.652 bits per heavy atom. The van der Waals surface area contributed by atoms with E-state index in [1.54, 1.807) is 50.2 Å². The number of carbonyl (C=O) groups excluding carboxylic acids is 6. The first kappa shape index (κ1) is 36.7. The molecule has 46 heavy (non-hydrogen) atoms. The van der Waals surface area contributed by atoms with Crippen molar-refractivity contribution in [3.05, 3.63) is 66.3 Å². The first-order chi connectivity index (χ1) is 21.8. The molecule has 0 amide bonds. The largest absolute Gasteiger partial charge is 0.490 e. The highest BCUT2D eigenvalue weighted by Crippen LogP contribution is 2.35. The van der Waals surface area contributed by atoms with E-state index in [0.717, 1.165) is 19.8 Å². The van der Waals surface area contributed by atoms with E-state index < -0.39 is 41.7 Å². The predicted octanol–water partition coefficient (Wildman–Crippen LogP) is 3.83. The number of carbonyl (C=O) groups is 6. The Kier molecular flexibility index (Phi) is 14.2. The van der Waals surface area contributed by atoms with Gasteiger partial charge in [0.2, 0.25) is 0 Å². The number of hydrogen-bond acceptors (Lipinski definition) is 13. The van der Waals surface area contributed by atoms with Gasteiger partial charge in [-0.2, -0.15) is 0 Å². The minimum Gasteiger partial charge on any atom is -0.490 e. The van der Waals surface area contributed by atoms with Crippen molar-refractivity contribution in [3.8, 4) is 28.4 Å². The highest BCUT2D eigenvalue weighted by atomic mass is 16.6. The van der Waals surface area contributed by atoms with Crippen LogP contribution in [0.15, 0.2) is 60.7 Å². The summed E-state index contributed by atoms with van der Waals surface area (Å²) < 4.78 is 35.2. The monoisotopic (exact) mass is 640 g/mol. The Morgan fingerprint density at radius 2 is 1.13 bits per heavy atom. The number of rotatable bonds is 14. The molecule has 0 spiro atoms. The summed E-state index contributed by atoms with van der Waals surface area (Å²) in [7, 11) is 2.04. The lowest BCUT2D eigenvalue weighted by Gasteiger charge is -2.17. The van der Waals surface area contributed by atoms with Crippen LogP contribution in [0.25, 0.3) is 11.1 Å². The molecule has 13 nitrogen and oxygen atoms in total. The second-order valence-corrected chi connectivity index (χ2v) is 10.0. The van der Waals surface area contributed by atoms with Gasteiger partial charge >= 0.3 is 35.8 Å². The standard InChI is InChI=1S/C33H36O13/c1-19(2)28(34)45-25-12-10-23(15-21(25)5)24-11-13-26(27(16-24)46-29(35)20(3)4)42-14-8-9-22(17-43-32(38)30(36)40-6)18-44-33(39)31(37)41-7/h10-13,15-16,22H,1,3,8-9,14,17-18H2,2,4-7H3. The van der Waals surface area contributed by atoms with Crippen LogP contribution in [0.5, 0.6) is 17.2 Å². The topological polar surface area (TPSA) is 167 Å². The Bertz CT molecular complexity index is 1470. The molecule has 0 aliphatic carbocycles. The quantitative estimate of drug-likeness (QED) is 0.0730. The average Bonchev–Trinajstić information content (AvgIpc) is 3.03. The van der Waals surface area contributed by atoms with Crippen LogP contribution in [0.4, 0.5) is 0 Å². The van der Waals surface area contributed by atoms with Crippen LogP contribution in [0.1, 0.15) is 32.3 Å². The summed E-state index contributed by atoms with van der Waals surface area (Å²) in [6.45, 7) is 11.5. The number of aryl methyl sites for hydroxylation is 1. The molecule has 0 unspecified atom stereocenters. The normalized spacial score (nSPS) is 10.3. The summed E-state index contributed by atoms with van der Waals surface area (Å²) in [6, 6.07) is 10.2. The molecule has 0 aliphatic heterocycles. The third kappa shape index (κ3) is 11.2. The fourth-order valence-corrected chi connectivity index (χ4v) is 3.64. The van der Waals surface area contributed by atoms with Crippen molar-refractivity contribution in [2.24, 2.45) is 5.92 Å². The van der Waals surface area contributed by atoms with Crippen molar-refractivity contribution < 1.29 is 61.9 Å². The molecule has 0 saturated heterocycles. The van der Waals surface area contributed by atoms with E-state index in [1.165, 1.54) is 6.92 Å². The molecule has 0 atom stereocenters. The van der Waals surface area contributed by atoms with E-state index in [4.69, 9.17) is 23.7 Å². The van der Waals surface area contributed by atoms with Gasteiger partial charge in [0.15, 0.2) is 11.5 Å². The fourth-order valence-electron chi connectivity index (χ4n) is 3.64. The molecular weight excluding hydrogens is 604 g/mol. The van der Waals surface area contributed by atoms with Gasteiger partial charge in [-0.25, -0.2) is 28.8 Å². The third-order valence-corrected chi connectivity index (χ3v) is 6.17. The molecule has 246 valence electrons. The molecule has 0 aliphatic rings. The molecule has 2 rings (SSSR count). The summed E-state index contributed by atoms with van der Waals surface area (Å²) in [5.74, 6) is -5.95. The third-order valence-electron chi connectivity index (χ3n) is 6.17. The molecule has 0 bridgehead atoms. The van der Waals surface area contributed by atoms with Gasteiger partial charge in [-0.1, -0.05) is 25.3 Å². The molecule has 2 aromatic carbocycles. The van der Waals surface area contributed by atoms with E-state index in [-0.39, 0.29) is 48.9 Å². The lowest BCUT2D eigenvalue weighted by molar-refractivity contribution is -0.169. The second-order valence-electron chi connectivity index (χ2n) is 10.0. The molecule has 0 aromatic heterocycles. The molecule has 0 fully saturated rings. The molecule has 2 aromatic rings. The Labute approximate surface area is 266 Å². The van der Waals surface area contributed by atoms with Gasteiger partial charge in [-0.3, -0.25) is 0 Å². The zero-order chi connectivity index (χ0) is 34.4. The molecule has 0 saturated carbocycles. The summed E-state index contributed by atoms with van der Waals surface area (Å²) in [6.07, 6.45) is 0.596. The van der Waals surface area contributed by atoms with Gasteiger partial charge in [0, 0.05) is 17.1 Å². The Balaban J connectivity index is 2.18. The van der Waals surface area contributed by atoms with Gasteiger partial charge in [-0.15, -0.1) is 0 Å². The highest BCUT2D eigenvalue weighted by molar-refractivity contribution is 6.30. The predicted molar refractivity (Wildman–Crippen MR) is 162 cm³/mol.